The van der Waals surface area contributed by atoms with Crippen molar-refractivity contribution in [2.75, 3.05) is 5.32 Å². The molecule has 0 aliphatic rings. The van der Waals surface area contributed by atoms with Crippen LogP contribution in [-0.2, 0) is 17.8 Å². The van der Waals surface area contributed by atoms with Crippen LogP contribution in [-0.4, -0.2) is 10.5 Å². The first-order valence-electron chi connectivity index (χ1n) is 10.4. The molecule has 0 saturated heterocycles. The molecule has 5 heteroatoms. The first kappa shape index (κ1) is 21.6. The molecule has 0 bridgehead atoms. The molecule has 0 spiro atoms. The second kappa shape index (κ2) is 9.67. The average Bonchev–Trinajstić information content (AvgIpc) is 3.16. The van der Waals surface area contributed by atoms with E-state index in [-0.39, 0.29) is 5.57 Å². The van der Waals surface area contributed by atoms with Crippen molar-refractivity contribution in [1.29, 1.82) is 5.26 Å². The molecule has 1 N–H and O–H groups in total. The SMILES string of the molecule is CCc1ccc(NC(=O)/C(C#N)=C/c2cn(Cc3ccc(Br)cc3)c3ccccc23)cc1. The van der Waals surface area contributed by atoms with Crippen LogP contribution >= 0.6 is 15.9 Å². The topological polar surface area (TPSA) is 57.8 Å². The highest BCUT2D eigenvalue weighted by molar-refractivity contribution is 9.10. The van der Waals surface area contributed by atoms with E-state index in [4.69, 9.17) is 0 Å². The van der Waals surface area contributed by atoms with Crippen LogP contribution in [0.25, 0.3) is 17.0 Å². The molecule has 0 unspecified atom stereocenters. The van der Waals surface area contributed by atoms with Gasteiger partial charge >= 0.3 is 0 Å². The highest BCUT2D eigenvalue weighted by Gasteiger charge is 2.13. The Balaban J connectivity index is 1.64. The van der Waals surface area contributed by atoms with Gasteiger partial charge in [-0.3, -0.25) is 4.79 Å². The molecule has 1 aromatic heterocycles. The number of amides is 1. The van der Waals surface area contributed by atoms with Crippen LogP contribution in [0.2, 0.25) is 0 Å². The summed E-state index contributed by atoms with van der Waals surface area (Å²) in [5.41, 5.74) is 4.98. The summed E-state index contributed by atoms with van der Waals surface area (Å²) in [6, 6.07) is 25.9. The van der Waals surface area contributed by atoms with Gasteiger partial charge in [0.1, 0.15) is 11.6 Å². The van der Waals surface area contributed by atoms with E-state index in [1.54, 1.807) is 6.08 Å². The van der Waals surface area contributed by atoms with Gasteiger partial charge in [0.2, 0.25) is 0 Å². The first-order chi connectivity index (χ1) is 15.6. The Morgan fingerprint density at radius 3 is 2.41 bits per heavy atom. The van der Waals surface area contributed by atoms with Gasteiger partial charge in [0.25, 0.3) is 5.91 Å². The predicted molar refractivity (Wildman–Crippen MR) is 133 cm³/mol. The largest absolute Gasteiger partial charge is 0.342 e. The number of fused-ring (bicyclic) bond motifs is 1. The van der Waals surface area contributed by atoms with Crippen LogP contribution < -0.4 is 5.32 Å². The third-order valence-corrected chi connectivity index (χ3v) is 5.90. The lowest BCUT2D eigenvalue weighted by Gasteiger charge is -2.05. The number of hydrogen-bond acceptors (Lipinski definition) is 2. The number of benzene rings is 3. The van der Waals surface area contributed by atoms with E-state index in [1.165, 1.54) is 11.1 Å². The van der Waals surface area contributed by atoms with Gasteiger partial charge in [0.05, 0.1) is 0 Å². The number of halogens is 1. The van der Waals surface area contributed by atoms with E-state index in [2.05, 4.69) is 50.9 Å². The molecule has 1 amide bonds. The number of nitrogens with one attached hydrogen (secondary N) is 1. The zero-order chi connectivity index (χ0) is 22.5. The van der Waals surface area contributed by atoms with E-state index in [0.29, 0.717) is 12.2 Å². The second-order valence-corrected chi connectivity index (χ2v) is 8.45. The van der Waals surface area contributed by atoms with Gasteiger partial charge in [-0.1, -0.05) is 65.3 Å². The number of aromatic nitrogens is 1. The summed E-state index contributed by atoms with van der Waals surface area (Å²) >= 11 is 3.47. The zero-order valence-electron chi connectivity index (χ0n) is 17.7. The molecular weight excluding hydrogens is 462 g/mol. The summed E-state index contributed by atoms with van der Waals surface area (Å²) < 4.78 is 3.18. The molecule has 4 rings (SSSR count). The van der Waals surface area contributed by atoms with Gasteiger partial charge < -0.3 is 9.88 Å². The molecule has 0 aliphatic heterocycles. The second-order valence-electron chi connectivity index (χ2n) is 7.53. The van der Waals surface area contributed by atoms with Crippen LogP contribution in [0.3, 0.4) is 0 Å². The molecule has 0 aliphatic carbocycles. The highest BCUT2D eigenvalue weighted by atomic mass is 79.9. The Hall–Kier alpha value is -3.62. The van der Waals surface area contributed by atoms with Gasteiger partial charge in [0.15, 0.2) is 0 Å². The van der Waals surface area contributed by atoms with Crippen molar-refractivity contribution in [1.82, 2.24) is 4.57 Å². The summed E-state index contributed by atoms with van der Waals surface area (Å²) in [5.74, 6) is -0.415. The third kappa shape index (κ3) is 4.82. The standard InChI is InChI=1S/C27H22BrN3O/c1-2-19-9-13-24(14-10-19)30-27(32)21(16-29)15-22-18-31(26-6-4-3-5-25(22)26)17-20-7-11-23(28)12-8-20/h3-15,18H,2,17H2,1H3,(H,30,32)/b21-15+. The number of hydrogen-bond donors (Lipinski definition) is 1. The molecule has 1 heterocycles. The van der Waals surface area contributed by atoms with Crippen molar-refractivity contribution in [2.45, 2.75) is 19.9 Å². The van der Waals surface area contributed by atoms with Crippen molar-refractivity contribution < 1.29 is 4.79 Å². The maximum Gasteiger partial charge on any atom is 0.266 e. The highest BCUT2D eigenvalue weighted by Crippen LogP contribution is 2.25. The van der Waals surface area contributed by atoms with Crippen molar-refractivity contribution in [2.24, 2.45) is 0 Å². The van der Waals surface area contributed by atoms with E-state index in [1.807, 2.05) is 66.9 Å². The molecular formula is C27H22BrN3O. The van der Waals surface area contributed by atoms with E-state index < -0.39 is 5.91 Å². The maximum atomic E-state index is 12.8. The summed E-state index contributed by atoms with van der Waals surface area (Å²) in [5, 5.41) is 13.5. The smallest absolute Gasteiger partial charge is 0.266 e. The molecule has 0 atom stereocenters. The molecule has 3 aromatic carbocycles. The lowest BCUT2D eigenvalue weighted by molar-refractivity contribution is -0.112. The number of carbonyl (C=O) groups excluding carboxylic acids is 1. The summed E-state index contributed by atoms with van der Waals surface area (Å²) in [6.45, 7) is 2.77. The fourth-order valence-corrected chi connectivity index (χ4v) is 3.90. The van der Waals surface area contributed by atoms with E-state index >= 15 is 0 Å². The average molecular weight is 484 g/mol. The van der Waals surface area contributed by atoms with Gasteiger partial charge in [-0.05, 0) is 54.0 Å². The van der Waals surface area contributed by atoms with E-state index in [9.17, 15) is 10.1 Å². The predicted octanol–water partition coefficient (Wildman–Crippen LogP) is 6.56. The third-order valence-electron chi connectivity index (χ3n) is 5.37. The number of nitrogens with zero attached hydrogens (tertiary/aromatic N) is 2. The number of aryl methyl sites for hydroxylation is 1. The van der Waals surface area contributed by atoms with Crippen LogP contribution in [0.15, 0.2) is 89.0 Å². The Bertz CT molecular complexity index is 1330. The molecule has 32 heavy (non-hydrogen) atoms. The van der Waals surface area contributed by atoms with Crippen molar-refractivity contribution in [3.8, 4) is 6.07 Å². The summed E-state index contributed by atoms with van der Waals surface area (Å²) in [4.78, 5) is 12.8. The number of anilines is 1. The van der Waals surface area contributed by atoms with Gasteiger partial charge in [-0.25, -0.2) is 0 Å². The van der Waals surface area contributed by atoms with Crippen LogP contribution in [0, 0.1) is 11.3 Å². The zero-order valence-corrected chi connectivity index (χ0v) is 19.3. The maximum absolute atomic E-state index is 12.8. The minimum absolute atomic E-state index is 0.0658. The lowest BCUT2D eigenvalue weighted by Crippen LogP contribution is -2.13. The van der Waals surface area contributed by atoms with Crippen LogP contribution in [0.1, 0.15) is 23.6 Å². The molecule has 4 aromatic rings. The van der Waals surface area contributed by atoms with Crippen LogP contribution in [0.4, 0.5) is 5.69 Å². The quantitative estimate of drug-likeness (QED) is 0.249. The summed E-state index contributed by atoms with van der Waals surface area (Å²) in [6.07, 6.45) is 4.59. The molecule has 4 nitrogen and oxygen atoms in total. The fourth-order valence-electron chi connectivity index (χ4n) is 3.63. The number of nitriles is 1. The Labute approximate surface area is 195 Å². The van der Waals surface area contributed by atoms with Crippen molar-refractivity contribution >= 4 is 44.5 Å². The number of rotatable bonds is 6. The Morgan fingerprint density at radius 2 is 1.72 bits per heavy atom. The number of para-hydroxylation sites is 1. The van der Waals surface area contributed by atoms with Gasteiger partial charge in [-0.15, -0.1) is 0 Å². The lowest BCUT2D eigenvalue weighted by atomic mass is 10.1. The summed E-state index contributed by atoms with van der Waals surface area (Å²) in [7, 11) is 0. The molecule has 158 valence electrons. The van der Waals surface area contributed by atoms with Crippen molar-refractivity contribution in [3.05, 3.63) is 106 Å². The minimum atomic E-state index is -0.415. The molecule has 0 fully saturated rings. The van der Waals surface area contributed by atoms with E-state index in [0.717, 1.165) is 27.4 Å². The fraction of sp³-hybridized carbons (Fsp3) is 0.111. The van der Waals surface area contributed by atoms with Gasteiger partial charge in [-0.2, -0.15) is 5.26 Å². The molecule has 0 radical (unpaired) electrons. The first-order valence-corrected chi connectivity index (χ1v) is 11.2. The number of carbonyl (C=O) groups is 1. The Morgan fingerprint density at radius 1 is 1.03 bits per heavy atom. The van der Waals surface area contributed by atoms with Crippen molar-refractivity contribution in [3.63, 3.8) is 0 Å². The monoisotopic (exact) mass is 483 g/mol. The molecule has 0 saturated carbocycles. The minimum Gasteiger partial charge on any atom is -0.342 e. The van der Waals surface area contributed by atoms with Gasteiger partial charge in [0, 0.05) is 39.4 Å². The van der Waals surface area contributed by atoms with Crippen LogP contribution in [0.5, 0.6) is 0 Å². The normalized spacial score (nSPS) is 11.3. The Kier molecular flexibility index (Phi) is 6.53.